The molecule has 1 atom stereocenters. The van der Waals surface area contributed by atoms with Crippen LogP contribution in [0, 0.1) is 12.7 Å². The highest BCUT2D eigenvalue weighted by molar-refractivity contribution is 7.09. The van der Waals surface area contributed by atoms with Crippen molar-refractivity contribution in [2.24, 2.45) is 0 Å². The van der Waals surface area contributed by atoms with Crippen LogP contribution in [0.5, 0.6) is 0 Å². The maximum atomic E-state index is 13.7. The standard InChI is InChI=1S/C20H23F4N3O2S/c1-14-13-30-18(25-14)19(29,20(22,23)24)11-17(28)27-8-2-7-26(9-10-27)12-15-3-5-16(21)6-4-15/h3-6,13,29H,2,7-12H2,1H3. The molecule has 1 aromatic heterocycles. The van der Waals surface area contributed by atoms with E-state index in [1.54, 1.807) is 12.1 Å². The highest BCUT2D eigenvalue weighted by Gasteiger charge is 2.58. The van der Waals surface area contributed by atoms with E-state index in [9.17, 15) is 27.5 Å². The molecule has 0 radical (unpaired) electrons. The summed E-state index contributed by atoms with van der Waals surface area (Å²) in [7, 11) is 0. The van der Waals surface area contributed by atoms with Crippen LogP contribution in [-0.2, 0) is 16.9 Å². The molecule has 0 bridgehead atoms. The zero-order chi connectivity index (χ0) is 21.9. The Morgan fingerprint density at radius 3 is 2.47 bits per heavy atom. The maximum Gasteiger partial charge on any atom is 0.424 e. The van der Waals surface area contributed by atoms with E-state index in [-0.39, 0.29) is 12.4 Å². The van der Waals surface area contributed by atoms with Gasteiger partial charge in [0.05, 0.1) is 6.42 Å². The van der Waals surface area contributed by atoms with Crippen LogP contribution in [0.15, 0.2) is 29.6 Å². The van der Waals surface area contributed by atoms with E-state index in [0.29, 0.717) is 49.6 Å². The van der Waals surface area contributed by atoms with Gasteiger partial charge >= 0.3 is 6.18 Å². The number of alkyl halides is 3. The Hall–Kier alpha value is -2.04. The average molecular weight is 445 g/mol. The molecule has 1 saturated heterocycles. The molecule has 1 aliphatic heterocycles. The molecule has 1 aromatic carbocycles. The summed E-state index contributed by atoms with van der Waals surface area (Å²) in [4.78, 5) is 19.9. The fourth-order valence-corrected chi connectivity index (χ4v) is 4.31. The molecular weight excluding hydrogens is 422 g/mol. The predicted octanol–water partition coefficient (Wildman–Crippen LogP) is 3.47. The van der Waals surface area contributed by atoms with Gasteiger partial charge < -0.3 is 10.0 Å². The molecule has 1 N–H and O–H groups in total. The molecule has 1 fully saturated rings. The largest absolute Gasteiger partial charge is 0.424 e. The zero-order valence-corrected chi connectivity index (χ0v) is 17.3. The van der Waals surface area contributed by atoms with Crippen LogP contribution < -0.4 is 0 Å². The second kappa shape index (κ2) is 8.99. The SMILES string of the molecule is Cc1csc(C(O)(CC(=O)N2CCCN(Cc3ccc(F)cc3)CC2)C(F)(F)F)n1. The number of nitrogens with zero attached hydrogens (tertiary/aromatic N) is 3. The molecule has 164 valence electrons. The topological polar surface area (TPSA) is 56.7 Å². The van der Waals surface area contributed by atoms with Gasteiger partial charge in [-0.2, -0.15) is 13.2 Å². The molecule has 1 amide bonds. The van der Waals surface area contributed by atoms with E-state index < -0.39 is 29.1 Å². The summed E-state index contributed by atoms with van der Waals surface area (Å²) in [5.41, 5.74) is -2.03. The molecule has 0 spiro atoms. The van der Waals surface area contributed by atoms with E-state index in [2.05, 4.69) is 9.88 Å². The predicted molar refractivity (Wildman–Crippen MR) is 104 cm³/mol. The number of thiazole rings is 1. The number of halogens is 4. The second-order valence-electron chi connectivity index (χ2n) is 7.47. The van der Waals surface area contributed by atoms with Gasteiger partial charge in [0.2, 0.25) is 11.5 Å². The second-order valence-corrected chi connectivity index (χ2v) is 8.32. The zero-order valence-electron chi connectivity index (χ0n) is 16.5. The fraction of sp³-hybridized carbons (Fsp3) is 0.500. The molecule has 0 saturated carbocycles. The van der Waals surface area contributed by atoms with Crippen molar-refractivity contribution in [2.75, 3.05) is 26.2 Å². The van der Waals surface area contributed by atoms with Crippen molar-refractivity contribution in [3.05, 3.63) is 51.7 Å². The summed E-state index contributed by atoms with van der Waals surface area (Å²) < 4.78 is 54.0. The molecule has 5 nitrogen and oxygen atoms in total. The van der Waals surface area contributed by atoms with Crippen LogP contribution in [-0.4, -0.2) is 58.2 Å². The van der Waals surface area contributed by atoms with Crippen LogP contribution in [0.4, 0.5) is 17.6 Å². The van der Waals surface area contributed by atoms with Gasteiger partial charge in [-0.15, -0.1) is 11.3 Å². The number of benzene rings is 1. The quantitative estimate of drug-likeness (QED) is 0.717. The van der Waals surface area contributed by atoms with Gasteiger partial charge in [-0.3, -0.25) is 9.69 Å². The Kier molecular flexibility index (Phi) is 6.78. The van der Waals surface area contributed by atoms with Crippen molar-refractivity contribution < 1.29 is 27.5 Å². The van der Waals surface area contributed by atoms with Crippen LogP contribution in [0.1, 0.15) is 29.1 Å². The summed E-state index contributed by atoms with van der Waals surface area (Å²) in [5, 5.41) is 11.3. The molecule has 30 heavy (non-hydrogen) atoms. The fourth-order valence-electron chi connectivity index (χ4n) is 3.40. The minimum absolute atomic E-state index is 0.255. The van der Waals surface area contributed by atoms with Gasteiger partial charge in [0, 0.05) is 43.8 Å². The van der Waals surface area contributed by atoms with E-state index in [4.69, 9.17) is 0 Å². The molecule has 0 aliphatic carbocycles. The van der Waals surface area contributed by atoms with Gasteiger partial charge in [-0.25, -0.2) is 9.37 Å². The number of rotatable bonds is 5. The van der Waals surface area contributed by atoms with Crippen LogP contribution in [0.3, 0.4) is 0 Å². The van der Waals surface area contributed by atoms with E-state index in [0.717, 1.165) is 5.56 Å². The highest BCUT2D eigenvalue weighted by atomic mass is 32.1. The first-order valence-electron chi connectivity index (χ1n) is 9.55. The first-order valence-corrected chi connectivity index (χ1v) is 10.4. The Balaban J connectivity index is 1.65. The van der Waals surface area contributed by atoms with Crippen molar-refractivity contribution in [3.63, 3.8) is 0 Å². The van der Waals surface area contributed by atoms with Crippen molar-refractivity contribution in [1.29, 1.82) is 0 Å². The first-order chi connectivity index (χ1) is 14.1. The summed E-state index contributed by atoms with van der Waals surface area (Å²) in [6, 6.07) is 6.12. The number of hydrogen-bond acceptors (Lipinski definition) is 5. The van der Waals surface area contributed by atoms with Crippen LogP contribution in [0.25, 0.3) is 0 Å². The van der Waals surface area contributed by atoms with Crippen molar-refractivity contribution in [3.8, 4) is 0 Å². The van der Waals surface area contributed by atoms with Crippen molar-refractivity contribution >= 4 is 17.2 Å². The lowest BCUT2D eigenvalue weighted by Crippen LogP contribution is -2.47. The lowest BCUT2D eigenvalue weighted by molar-refractivity contribution is -0.268. The number of amides is 1. The molecule has 2 heterocycles. The third-order valence-electron chi connectivity index (χ3n) is 5.11. The minimum atomic E-state index is -5.02. The molecular formula is C20H23F4N3O2S. The summed E-state index contributed by atoms with van der Waals surface area (Å²) in [5.74, 6) is -1.08. The lowest BCUT2D eigenvalue weighted by Gasteiger charge is -2.30. The Bertz CT molecular complexity index is 872. The van der Waals surface area contributed by atoms with Gasteiger partial charge in [-0.1, -0.05) is 12.1 Å². The van der Waals surface area contributed by atoms with Gasteiger partial charge in [-0.05, 0) is 31.0 Å². The van der Waals surface area contributed by atoms with Gasteiger partial charge in [0.25, 0.3) is 0 Å². The number of carbonyl (C=O) groups is 1. The van der Waals surface area contributed by atoms with E-state index >= 15 is 0 Å². The Labute approximate surface area is 175 Å². The van der Waals surface area contributed by atoms with E-state index in [1.807, 2.05) is 0 Å². The monoisotopic (exact) mass is 445 g/mol. The molecule has 1 aliphatic rings. The molecule has 2 aromatic rings. The number of hydrogen-bond donors (Lipinski definition) is 1. The van der Waals surface area contributed by atoms with Crippen LogP contribution in [0.2, 0.25) is 0 Å². The van der Waals surface area contributed by atoms with Gasteiger partial charge in [0.1, 0.15) is 10.8 Å². The molecule has 10 heteroatoms. The number of aliphatic hydroxyl groups is 1. The van der Waals surface area contributed by atoms with Crippen LogP contribution >= 0.6 is 11.3 Å². The molecule has 3 rings (SSSR count). The van der Waals surface area contributed by atoms with Crippen molar-refractivity contribution in [2.45, 2.75) is 38.1 Å². The maximum absolute atomic E-state index is 13.7. The summed E-state index contributed by atoms with van der Waals surface area (Å²) in [6.45, 7) is 3.80. The third-order valence-corrected chi connectivity index (χ3v) is 6.22. The Morgan fingerprint density at radius 1 is 1.17 bits per heavy atom. The first kappa shape index (κ1) is 22.6. The lowest BCUT2D eigenvalue weighted by atomic mass is 9.98. The third kappa shape index (κ3) is 5.16. The van der Waals surface area contributed by atoms with Gasteiger partial charge in [0.15, 0.2) is 0 Å². The summed E-state index contributed by atoms with van der Waals surface area (Å²) >= 11 is 0.692. The number of aryl methyl sites for hydroxylation is 1. The molecule has 1 unspecified atom stereocenters. The minimum Gasteiger partial charge on any atom is -0.374 e. The van der Waals surface area contributed by atoms with Crippen molar-refractivity contribution in [1.82, 2.24) is 14.8 Å². The number of aromatic nitrogens is 1. The normalized spacial score (nSPS) is 18.1. The number of carbonyl (C=O) groups excluding carboxylic acids is 1. The smallest absolute Gasteiger partial charge is 0.374 e. The van der Waals surface area contributed by atoms with E-state index in [1.165, 1.54) is 29.3 Å². The highest BCUT2D eigenvalue weighted by Crippen LogP contribution is 2.43. The Morgan fingerprint density at radius 2 is 1.87 bits per heavy atom. The summed E-state index contributed by atoms with van der Waals surface area (Å²) in [6.07, 6.45) is -5.53. The average Bonchev–Trinajstić information content (AvgIpc) is 2.98.